The number of halogens is 3. The number of ketones is 1. The molecule has 0 saturated carbocycles. The number of alkyl halides is 3. The minimum atomic E-state index is -4.43. The molecule has 112 valence electrons. The number of carbonyl (C=O) groups excluding carboxylic acids is 1. The molecule has 0 aromatic heterocycles. The fourth-order valence-corrected chi connectivity index (χ4v) is 1.80. The summed E-state index contributed by atoms with van der Waals surface area (Å²) in [5.41, 5.74) is 0.00422. The Kier molecular flexibility index (Phi) is 4.47. The smallest absolute Gasteiger partial charge is 0.416 e. The Bertz CT molecular complexity index is 733. The zero-order chi connectivity index (χ0) is 16.2. The van der Waals surface area contributed by atoms with Crippen LogP contribution in [0.25, 0.3) is 0 Å². The zero-order valence-corrected chi connectivity index (χ0v) is 11.2. The van der Waals surface area contributed by atoms with Crippen molar-refractivity contribution in [2.24, 2.45) is 0 Å². The Morgan fingerprint density at radius 3 is 2.55 bits per heavy atom. The molecule has 0 heterocycles. The van der Waals surface area contributed by atoms with Crippen molar-refractivity contribution in [1.82, 2.24) is 0 Å². The van der Waals surface area contributed by atoms with Crippen LogP contribution in [0, 0.1) is 11.3 Å². The molecule has 2 aromatic rings. The summed E-state index contributed by atoms with van der Waals surface area (Å²) in [6.45, 7) is -0.00609. The number of carbonyl (C=O) groups is 1. The Balaban J connectivity index is 2.11. The average molecular weight is 305 g/mol. The van der Waals surface area contributed by atoms with E-state index in [-0.39, 0.29) is 17.9 Å². The van der Waals surface area contributed by atoms with Gasteiger partial charge in [-0.2, -0.15) is 18.4 Å². The summed E-state index contributed by atoms with van der Waals surface area (Å²) < 4.78 is 43.1. The van der Waals surface area contributed by atoms with E-state index in [2.05, 4.69) is 0 Å². The molecule has 0 atom stereocenters. The van der Waals surface area contributed by atoms with Gasteiger partial charge < -0.3 is 4.74 Å². The van der Waals surface area contributed by atoms with Gasteiger partial charge in [-0.25, -0.2) is 0 Å². The molecule has 0 unspecified atom stereocenters. The summed E-state index contributed by atoms with van der Waals surface area (Å²) in [6, 6.07) is 12.2. The highest BCUT2D eigenvalue weighted by molar-refractivity contribution is 6.07. The highest BCUT2D eigenvalue weighted by atomic mass is 19.4. The molecule has 0 saturated heterocycles. The predicted octanol–water partition coefficient (Wildman–Crippen LogP) is 3.99. The van der Waals surface area contributed by atoms with E-state index in [0.717, 1.165) is 12.1 Å². The quantitative estimate of drug-likeness (QED) is 0.634. The zero-order valence-electron chi connectivity index (χ0n) is 11.2. The molecule has 2 aromatic carbocycles. The fraction of sp³-hybridized carbons (Fsp3) is 0.125. The predicted molar refractivity (Wildman–Crippen MR) is 72.2 cm³/mol. The van der Waals surface area contributed by atoms with Gasteiger partial charge in [0.25, 0.3) is 5.78 Å². The van der Waals surface area contributed by atoms with Crippen LogP contribution in [0.15, 0.2) is 48.5 Å². The van der Waals surface area contributed by atoms with Crippen molar-refractivity contribution in [3.05, 3.63) is 65.2 Å². The van der Waals surface area contributed by atoms with Crippen LogP contribution in [-0.2, 0) is 12.8 Å². The first-order valence-corrected chi connectivity index (χ1v) is 6.23. The van der Waals surface area contributed by atoms with Crippen molar-refractivity contribution >= 4 is 5.78 Å². The number of hydrogen-bond donors (Lipinski definition) is 0. The van der Waals surface area contributed by atoms with E-state index in [1.807, 2.05) is 0 Å². The van der Waals surface area contributed by atoms with Gasteiger partial charge in [0.15, 0.2) is 0 Å². The number of Topliss-reactive ketones (excluding diaryl/α,β-unsaturated/α-hetero) is 1. The van der Waals surface area contributed by atoms with Gasteiger partial charge in [0.1, 0.15) is 18.4 Å². The van der Waals surface area contributed by atoms with E-state index >= 15 is 0 Å². The van der Waals surface area contributed by atoms with Crippen LogP contribution >= 0.6 is 0 Å². The van der Waals surface area contributed by atoms with Gasteiger partial charge in [0, 0.05) is 5.56 Å². The van der Waals surface area contributed by atoms with Gasteiger partial charge in [-0.1, -0.05) is 24.3 Å². The lowest BCUT2D eigenvalue weighted by atomic mass is 10.1. The number of benzene rings is 2. The first-order chi connectivity index (χ1) is 10.4. The van der Waals surface area contributed by atoms with Crippen LogP contribution < -0.4 is 4.74 Å². The highest BCUT2D eigenvalue weighted by Gasteiger charge is 2.30. The van der Waals surface area contributed by atoms with Gasteiger partial charge in [-0.15, -0.1) is 0 Å². The van der Waals surface area contributed by atoms with Crippen LogP contribution in [0.3, 0.4) is 0 Å². The molecule has 0 bridgehead atoms. The van der Waals surface area contributed by atoms with Crippen molar-refractivity contribution in [2.75, 3.05) is 0 Å². The standard InChI is InChI=1S/C16H10F3NO2/c17-16(18,19)13-5-2-6-14(8-13)22-10-11-3-1-4-12(7-11)15(21)9-20/h1-8H,10H2. The molecule has 22 heavy (non-hydrogen) atoms. The number of nitrogens with zero attached hydrogens (tertiary/aromatic N) is 1. The molecule has 0 spiro atoms. The monoisotopic (exact) mass is 305 g/mol. The molecule has 2 rings (SSSR count). The lowest BCUT2D eigenvalue weighted by Gasteiger charge is -2.10. The number of nitriles is 1. The summed E-state index contributed by atoms with van der Waals surface area (Å²) >= 11 is 0. The molecule has 0 radical (unpaired) electrons. The Hall–Kier alpha value is -2.81. The summed E-state index contributed by atoms with van der Waals surface area (Å²) in [5.74, 6) is -0.604. The third-order valence-electron chi connectivity index (χ3n) is 2.86. The normalized spacial score (nSPS) is 10.8. The number of rotatable bonds is 4. The SMILES string of the molecule is N#CC(=O)c1cccc(COc2cccc(C(F)(F)F)c2)c1. The van der Waals surface area contributed by atoms with Crippen LogP contribution in [0.4, 0.5) is 13.2 Å². The van der Waals surface area contributed by atoms with Crippen LogP contribution in [0.2, 0.25) is 0 Å². The molecule has 6 heteroatoms. The lowest BCUT2D eigenvalue weighted by molar-refractivity contribution is -0.137. The van der Waals surface area contributed by atoms with E-state index in [1.165, 1.54) is 30.3 Å². The first-order valence-electron chi connectivity index (χ1n) is 6.23. The molecule has 3 nitrogen and oxygen atoms in total. The van der Waals surface area contributed by atoms with Crippen LogP contribution in [0.5, 0.6) is 5.75 Å². The summed E-state index contributed by atoms with van der Waals surface area (Å²) in [6.07, 6.45) is -4.43. The third kappa shape index (κ3) is 3.85. The highest BCUT2D eigenvalue weighted by Crippen LogP contribution is 2.31. The van der Waals surface area contributed by atoms with Crippen molar-refractivity contribution < 1.29 is 22.7 Å². The minimum Gasteiger partial charge on any atom is -0.489 e. The second-order valence-corrected chi connectivity index (χ2v) is 4.46. The van der Waals surface area contributed by atoms with Gasteiger partial charge in [0.05, 0.1) is 5.56 Å². The average Bonchev–Trinajstić information content (AvgIpc) is 2.52. The van der Waals surface area contributed by atoms with Gasteiger partial charge in [0.2, 0.25) is 0 Å². The minimum absolute atomic E-state index is 0.00609. The maximum absolute atomic E-state index is 12.6. The Morgan fingerprint density at radius 1 is 1.14 bits per heavy atom. The van der Waals surface area contributed by atoms with E-state index in [9.17, 15) is 18.0 Å². The summed E-state index contributed by atoms with van der Waals surface area (Å²) in [4.78, 5) is 11.3. The molecular formula is C16H10F3NO2. The largest absolute Gasteiger partial charge is 0.489 e. The van der Waals surface area contributed by atoms with E-state index in [0.29, 0.717) is 5.56 Å². The van der Waals surface area contributed by atoms with E-state index in [1.54, 1.807) is 12.1 Å². The fourth-order valence-electron chi connectivity index (χ4n) is 1.80. The van der Waals surface area contributed by atoms with Gasteiger partial charge in [-0.05, 0) is 29.8 Å². The summed E-state index contributed by atoms with van der Waals surface area (Å²) in [5, 5.41) is 8.56. The molecular weight excluding hydrogens is 295 g/mol. The second kappa shape index (κ2) is 6.31. The van der Waals surface area contributed by atoms with E-state index < -0.39 is 17.5 Å². The maximum Gasteiger partial charge on any atom is 0.416 e. The molecule has 0 aliphatic heterocycles. The van der Waals surface area contributed by atoms with Crippen LogP contribution in [-0.4, -0.2) is 5.78 Å². The van der Waals surface area contributed by atoms with Gasteiger partial charge >= 0.3 is 6.18 Å². The summed E-state index contributed by atoms with van der Waals surface area (Å²) in [7, 11) is 0. The number of hydrogen-bond acceptors (Lipinski definition) is 3. The Morgan fingerprint density at radius 2 is 1.86 bits per heavy atom. The van der Waals surface area contributed by atoms with E-state index in [4.69, 9.17) is 10.00 Å². The molecule has 0 N–H and O–H groups in total. The molecule has 0 amide bonds. The lowest BCUT2D eigenvalue weighted by Crippen LogP contribution is -2.05. The van der Waals surface area contributed by atoms with Crippen molar-refractivity contribution in [3.63, 3.8) is 0 Å². The molecule has 0 aliphatic rings. The van der Waals surface area contributed by atoms with Gasteiger partial charge in [-0.3, -0.25) is 4.79 Å². The Labute approximate surface area is 124 Å². The third-order valence-corrected chi connectivity index (χ3v) is 2.86. The van der Waals surface area contributed by atoms with Crippen molar-refractivity contribution in [2.45, 2.75) is 12.8 Å². The van der Waals surface area contributed by atoms with Crippen molar-refractivity contribution in [3.8, 4) is 11.8 Å². The second-order valence-electron chi connectivity index (χ2n) is 4.46. The maximum atomic E-state index is 12.6. The number of ether oxygens (including phenoxy) is 1. The topological polar surface area (TPSA) is 50.1 Å². The van der Waals surface area contributed by atoms with Crippen LogP contribution in [0.1, 0.15) is 21.5 Å². The first kappa shape index (κ1) is 15.6. The molecule has 0 aliphatic carbocycles. The molecule has 0 fully saturated rings. The van der Waals surface area contributed by atoms with Crippen molar-refractivity contribution in [1.29, 1.82) is 5.26 Å².